The van der Waals surface area contributed by atoms with Crippen molar-refractivity contribution in [3.05, 3.63) is 83.3 Å². The molecule has 2 aliphatic rings. The van der Waals surface area contributed by atoms with Crippen molar-refractivity contribution >= 4 is 5.78 Å². The second-order valence-corrected chi connectivity index (χ2v) is 9.34. The maximum Gasteiger partial charge on any atom is 0.195 e. The fourth-order valence-corrected chi connectivity index (χ4v) is 5.61. The number of rotatable bonds is 5. The van der Waals surface area contributed by atoms with Gasteiger partial charge in [0.1, 0.15) is 5.69 Å². The summed E-state index contributed by atoms with van der Waals surface area (Å²) in [5, 5.41) is 8.92. The first kappa shape index (κ1) is 22.7. The van der Waals surface area contributed by atoms with Gasteiger partial charge < -0.3 is 0 Å². The molecule has 6 rings (SSSR count). The Morgan fingerprint density at radius 3 is 2.67 bits per heavy atom. The summed E-state index contributed by atoms with van der Waals surface area (Å²) in [6.45, 7) is 0.191. The van der Waals surface area contributed by atoms with E-state index in [2.05, 4.69) is 15.0 Å². The highest BCUT2D eigenvalue weighted by Gasteiger charge is 2.42. The van der Waals surface area contributed by atoms with E-state index < -0.39 is 17.5 Å². The quantitative estimate of drug-likeness (QED) is 0.305. The second-order valence-electron chi connectivity index (χ2n) is 9.34. The number of benzene rings is 1. The number of carbonyl (C=O) groups excluding carboxylic acids is 1. The lowest BCUT2D eigenvalue weighted by atomic mass is 9.81. The lowest BCUT2D eigenvalue weighted by Gasteiger charge is -2.45. The van der Waals surface area contributed by atoms with Crippen molar-refractivity contribution in [2.24, 2.45) is 7.05 Å². The average Bonchev–Trinajstić information content (AvgIpc) is 3.51. The van der Waals surface area contributed by atoms with Crippen molar-refractivity contribution in [3.63, 3.8) is 0 Å². The molecule has 1 fully saturated rings. The molecule has 5 heterocycles. The first-order valence-corrected chi connectivity index (χ1v) is 11.9. The first-order chi connectivity index (χ1) is 17.4. The molecule has 0 spiro atoms. The van der Waals surface area contributed by atoms with Gasteiger partial charge in [0, 0.05) is 42.8 Å². The number of hydrogen-bond donors (Lipinski definition) is 0. The maximum atomic E-state index is 14.0. The third-order valence-corrected chi connectivity index (χ3v) is 7.20. The molecule has 1 saturated heterocycles. The van der Waals surface area contributed by atoms with Gasteiger partial charge in [0.05, 0.1) is 29.7 Å². The van der Waals surface area contributed by atoms with E-state index >= 15 is 0 Å². The Morgan fingerprint density at radius 2 is 1.92 bits per heavy atom. The van der Waals surface area contributed by atoms with Crippen LogP contribution in [0.5, 0.6) is 0 Å². The molecular weight excluding hydrogens is 469 g/mol. The van der Waals surface area contributed by atoms with Gasteiger partial charge in [-0.25, -0.2) is 17.9 Å². The number of halogens is 3. The van der Waals surface area contributed by atoms with Crippen LogP contribution >= 0.6 is 0 Å². The lowest BCUT2D eigenvalue weighted by molar-refractivity contribution is 0.0559. The summed E-state index contributed by atoms with van der Waals surface area (Å²) in [6, 6.07) is 7.34. The minimum absolute atomic E-state index is 0.0765. The topological polar surface area (TPSA) is 68.8 Å². The predicted octanol–water partition coefficient (Wildman–Crippen LogP) is 4.42. The zero-order chi connectivity index (χ0) is 25.0. The van der Waals surface area contributed by atoms with Crippen molar-refractivity contribution in [2.45, 2.75) is 37.8 Å². The van der Waals surface area contributed by atoms with Gasteiger partial charge in [-0.2, -0.15) is 10.2 Å². The molecule has 10 heteroatoms. The third kappa shape index (κ3) is 3.72. The Bertz CT molecular complexity index is 1440. The summed E-state index contributed by atoms with van der Waals surface area (Å²) in [7, 11) is 1.72. The number of nitrogens with zero attached hydrogens (tertiary/aromatic N) is 6. The van der Waals surface area contributed by atoms with Crippen LogP contribution in [0, 0.1) is 17.5 Å². The number of piperidine rings is 1. The molecular formula is C26H23F3N6O. The monoisotopic (exact) mass is 492 g/mol. The van der Waals surface area contributed by atoms with E-state index in [0.29, 0.717) is 17.8 Å². The van der Waals surface area contributed by atoms with Gasteiger partial charge in [-0.1, -0.05) is 0 Å². The van der Waals surface area contributed by atoms with E-state index in [0.717, 1.165) is 48.3 Å². The molecule has 0 N–H and O–H groups in total. The first-order valence-electron chi connectivity index (χ1n) is 11.9. The van der Waals surface area contributed by atoms with Crippen LogP contribution in [0.3, 0.4) is 0 Å². The normalized spacial score (nSPS) is 19.3. The number of ketones is 1. The fraction of sp³-hybridized carbons (Fsp3) is 0.308. The van der Waals surface area contributed by atoms with E-state index in [-0.39, 0.29) is 30.0 Å². The smallest absolute Gasteiger partial charge is 0.195 e. The summed E-state index contributed by atoms with van der Waals surface area (Å²) in [4.78, 5) is 19.8. The van der Waals surface area contributed by atoms with Crippen LogP contribution in [0.1, 0.15) is 47.1 Å². The van der Waals surface area contributed by atoms with Gasteiger partial charge in [0.15, 0.2) is 23.2 Å². The second kappa shape index (κ2) is 8.70. The standard InChI is InChI=1S/C26H23F3N6O/c1-33-26(15-10-19(27)24(29)20(28)11-15)18-12-16-4-2-5-22(25(18)32-33)34(16)14-23(36)21-13-17(6-8-30-21)35-9-3-7-31-35/h3,6-11,13,16,22H,2,4-5,12,14H2,1H3/t16-,22+/m1/s1. The lowest BCUT2D eigenvalue weighted by Crippen LogP contribution is -2.48. The molecule has 184 valence electrons. The third-order valence-electron chi connectivity index (χ3n) is 7.20. The van der Waals surface area contributed by atoms with Crippen LogP contribution in [0.15, 0.2) is 48.9 Å². The molecule has 4 aromatic rings. The molecule has 0 unspecified atom stereocenters. The molecule has 7 nitrogen and oxygen atoms in total. The number of fused-ring (bicyclic) bond motifs is 4. The SMILES string of the molecule is Cn1nc2c(c1-c1cc(F)c(F)c(F)c1)C[C@H]1CCC[C@@H]2N1CC(=O)c1cc(-n2cccn2)ccn1. The fourth-order valence-electron chi connectivity index (χ4n) is 5.61. The number of aryl methyl sites for hydroxylation is 1. The maximum absolute atomic E-state index is 14.0. The molecule has 2 bridgehead atoms. The number of aromatic nitrogens is 5. The minimum atomic E-state index is -1.48. The van der Waals surface area contributed by atoms with E-state index in [1.165, 1.54) is 0 Å². The predicted molar refractivity (Wildman–Crippen MR) is 125 cm³/mol. The van der Waals surface area contributed by atoms with Crippen molar-refractivity contribution in [3.8, 4) is 16.9 Å². The molecule has 0 amide bonds. The summed E-state index contributed by atoms with van der Waals surface area (Å²) < 4.78 is 44.9. The Hall–Kier alpha value is -3.79. The molecule has 0 radical (unpaired) electrons. The van der Waals surface area contributed by atoms with Gasteiger partial charge >= 0.3 is 0 Å². The Kier molecular flexibility index (Phi) is 5.48. The van der Waals surface area contributed by atoms with Crippen molar-refractivity contribution < 1.29 is 18.0 Å². The van der Waals surface area contributed by atoms with Gasteiger partial charge in [0.2, 0.25) is 0 Å². The Labute approximate surface area is 205 Å². The van der Waals surface area contributed by atoms with Crippen LogP contribution < -0.4 is 0 Å². The number of hydrogen-bond acceptors (Lipinski definition) is 5. The van der Waals surface area contributed by atoms with E-state index in [4.69, 9.17) is 5.10 Å². The van der Waals surface area contributed by atoms with E-state index in [1.54, 1.807) is 47.1 Å². The number of pyridine rings is 1. The summed E-state index contributed by atoms with van der Waals surface area (Å²) >= 11 is 0. The molecule has 36 heavy (non-hydrogen) atoms. The van der Waals surface area contributed by atoms with Crippen molar-refractivity contribution in [1.29, 1.82) is 0 Å². The minimum Gasteiger partial charge on any atom is -0.291 e. The molecule has 2 atom stereocenters. The Morgan fingerprint density at radius 1 is 1.11 bits per heavy atom. The van der Waals surface area contributed by atoms with Crippen LogP contribution in [0.2, 0.25) is 0 Å². The number of Topliss-reactive ketones (excluding diaryl/α,β-unsaturated/α-hetero) is 1. The molecule has 0 aliphatic carbocycles. The van der Waals surface area contributed by atoms with Crippen LogP contribution in [-0.2, 0) is 13.5 Å². The highest BCUT2D eigenvalue weighted by molar-refractivity contribution is 5.96. The van der Waals surface area contributed by atoms with Gasteiger partial charge in [-0.05, 0) is 56.0 Å². The van der Waals surface area contributed by atoms with Crippen molar-refractivity contribution in [1.82, 2.24) is 29.4 Å². The molecule has 0 saturated carbocycles. The zero-order valence-electron chi connectivity index (χ0n) is 19.5. The molecule has 1 aromatic carbocycles. The van der Waals surface area contributed by atoms with Gasteiger partial charge in [0.25, 0.3) is 0 Å². The Balaban J connectivity index is 1.32. The summed E-state index contributed by atoms with van der Waals surface area (Å²) in [5.74, 6) is -4.04. The summed E-state index contributed by atoms with van der Waals surface area (Å²) in [6.07, 6.45) is 8.37. The summed E-state index contributed by atoms with van der Waals surface area (Å²) in [5.41, 5.74) is 3.67. The van der Waals surface area contributed by atoms with Crippen LogP contribution in [0.4, 0.5) is 13.2 Å². The van der Waals surface area contributed by atoms with E-state index in [9.17, 15) is 18.0 Å². The molecule has 2 aliphatic heterocycles. The zero-order valence-corrected chi connectivity index (χ0v) is 19.5. The highest BCUT2D eigenvalue weighted by atomic mass is 19.2. The molecule has 3 aromatic heterocycles. The number of carbonyl (C=O) groups is 1. The van der Waals surface area contributed by atoms with Crippen molar-refractivity contribution in [2.75, 3.05) is 6.54 Å². The van der Waals surface area contributed by atoms with Crippen LogP contribution in [-0.4, -0.2) is 47.8 Å². The van der Waals surface area contributed by atoms with Gasteiger partial charge in [-0.15, -0.1) is 0 Å². The average molecular weight is 493 g/mol. The highest BCUT2D eigenvalue weighted by Crippen LogP contribution is 2.44. The van der Waals surface area contributed by atoms with E-state index in [1.807, 2.05) is 6.07 Å². The largest absolute Gasteiger partial charge is 0.291 e. The van der Waals surface area contributed by atoms with Gasteiger partial charge in [-0.3, -0.25) is 19.4 Å². The van der Waals surface area contributed by atoms with Crippen LogP contribution in [0.25, 0.3) is 16.9 Å².